The minimum Gasteiger partial charge on any atom is -0.483 e. The number of pyridine rings is 1. The van der Waals surface area contributed by atoms with E-state index in [2.05, 4.69) is 10.5 Å². The molecule has 4 heterocycles. The lowest BCUT2D eigenvalue weighted by molar-refractivity contribution is -0.114. The molecule has 224 valence electrons. The Morgan fingerprint density at radius 1 is 1.21 bits per heavy atom. The summed E-state index contributed by atoms with van der Waals surface area (Å²) in [6.45, 7) is 3.29. The molecule has 0 radical (unpaired) electrons. The summed E-state index contributed by atoms with van der Waals surface area (Å²) in [5.74, 6) is -3.23. The summed E-state index contributed by atoms with van der Waals surface area (Å²) >= 11 is 0. The lowest BCUT2D eigenvalue weighted by Gasteiger charge is -2.43. The van der Waals surface area contributed by atoms with Crippen molar-refractivity contribution in [1.82, 2.24) is 14.8 Å². The lowest BCUT2D eigenvalue weighted by atomic mass is 9.82. The van der Waals surface area contributed by atoms with E-state index in [-0.39, 0.29) is 48.3 Å². The molecule has 1 saturated heterocycles. The fourth-order valence-corrected chi connectivity index (χ4v) is 6.08. The van der Waals surface area contributed by atoms with E-state index in [1.807, 2.05) is 13.0 Å². The maximum atomic E-state index is 14.3. The number of aliphatic hydroxyl groups excluding tert-OH is 1. The van der Waals surface area contributed by atoms with Crippen LogP contribution < -0.4 is 15.5 Å². The van der Waals surface area contributed by atoms with Gasteiger partial charge in [0.05, 0.1) is 11.8 Å². The first-order valence-corrected chi connectivity index (χ1v) is 14.0. The first kappa shape index (κ1) is 28.5. The number of nitrogens with zero attached hydrogens (tertiary/aromatic N) is 3. The third-order valence-electron chi connectivity index (χ3n) is 8.55. The van der Waals surface area contributed by atoms with Crippen LogP contribution in [0, 0.1) is 11.6 Å². The van der Waals surface area contributed by atoms with Crippen LogP contribution in [0.2, 0.25) is 0 Å². The summed E-state index contributed by atoms with van der Waals surface area (Å²) in [6, 6.07) is 11.0. The molecule has 1 aromatic heterocycles. The standard InChI is InChI=1S/C31H30F2N4O6/c1-17-10-11-31(28(39)18(2)35-43-31)24-15-36(17)30(41)25-27(42-16-19-6-4-3-5-7-19)26(38)22(14-37(24)25)29(40)34-13-20-8-9-21(32)12-23(20)33/h3-9,12,14,17,24,28,39H,10-11,13,15-16H2,1-2H3,(H,34,40). The van der Waals surface area contributed by atoms with Gasteiger partial charge >= 0.3 is 0 Å². The highest BCUT2D eigenvalue weighted by molar-refractivity contribution is 5.99. The number of rotatable bonds is 6. The molecule has 12 heteroatoms. The second kappa shape index (κ2) is 10.9. The zero-order valence-corrected chi connectivity index (χ0v) is 23.5. The monoisotopic (exact) mass is 592 g/mol. The van der Waals surface area contributed by atoms with Gasteiger partial charge in [0.25, 0.3) is 11.8 Å². The summed E-state index contributed by atoms with van der Waals surface area (Å²) in [4.78, 5) is 48.9. The number of carbonyl (C=O) groups is 2. The molecule has 0 aliphatic carbocycles. The van der Waals surface area contributed by atoms with Crippen LogP contribution in [0.4, 0.5) is 8.78 Å². The van der Waals surface area contributed by atoms with Crippen molar-refractivity contribution in [3.05, 3.63) is 99.0 Å². The third-order valence-corrected chi connectivity index (χ3v) is 8.55. The van der Waals surface area contributed by atoms with Gasteiger partial charge in [-0.2, -0.15) is 0 Å². The molecule has 2 aromatic carbocycles. The molecule has 10 nitrogen and oxygen atoms in total. The summed E-state index contributed by atoms with van der Waals surface area (Å²) in [7, 11) is 0. The van der Waals surface area contributed by atoms with Gasteiger partial charge in [-0.15, -0.1) is 0 Å². The molecular formula is C31H30F2N4O6. The molecule has 43 heavy (non-hydrogen) atoms. The fourth-order valence-electron chi connectivity index (χ4n) is 6.08. The Labute approximate surface area is 245 Å². The minimum absolute atomic E-state index is 0.0194. The topological polar surface area (TPSA) is 122 Å². The average molecular weight is 593 g/mol. The molecule has 1 spiro atoms. The maximum absolute atomic E-state index is 14.3. The van der Waals surface area contributed by atoms with Crippen molar-refractivity contribution in [3.63, 3.8) is 0 Å². The second-order valence-electron chi connectivity index (χ2n) is 11.2. The van der Waals surface area contributed by atoms with Crippen LogP contribution >= 0.6 is 0 Å². The van der Waals surface area contributed by atoms with Crippen molar-refractivity contribution in [1.29, 1.82) is 0 Å². The van der Waals surface area contributed by atoms with Crippen LogP contribution in [0.1, 0.15) is 64.7 Å². The number of hydrogen-bond acceptors (Lipinski definition) is 7. The number of carbonyl (C=O) groups excluding carboxylic acids is 2. The van der Waals surface area contributed by atoms with Gasteiger partial charge in [-0.25, -0.2) is 8.78 Å². The largest absolute Gasteiger partial charge is 0.483 e. The van der Waals surface area contributed by atoms with Gasteiger partial charge in [0.15, 0.2) is 17.0 Å². The van der Waals surface area contributed by atoms with E-state index in [0.717, 1.165) is 11.6 Å². The molecule has 4 atom stereocenters. The van der Waals surface area contributed by atoms with Crippen LogP contribution in [0.3, 0.4) is 0 Å². The van der Waals surface area contributed by atoms with Gasteiger partial charge in [0, 0.05) is 37.0 Å². The van der Waals surface area contributed by atoms with Crippen LogP contribution in [-0.2, 0) is 18.0 Å². The van der Waals surface area contributed by atoms with Gasteiger partial charge in [-0.05, 0) is 38.3 Å². The van der Waals surface area contributed by atoms with E-state index in [1.165, 1.54) is 16.8 Å². The zero-order valence-electron chi connectivity index (χ0n) is 23.5. The normalized spacial score (nSPS) is 24.2. The third kappa shape index (κ3) is 4.85. The molecular weight excluding hydrogens is 562 g/mol. The molecule has 3 aliphatic rings. The van der Waals surface area contributed by atoms with Crippen molar-refractivity contribution in [2.24, 2.45) is 5.16 Å². The molecule has 6 rings (SSSR count). The molecule has 2 N–H and O–H groups in total. The SMILES string of the molecule is CC1=NOC2(CCC(C)N3CC2n2cc(C(=O)NCc4ccc(F)cc4F)c(=O)c(OCc4ccccc4)c2C3=O)C1O. The summed E-state index contributed by atoms with van der Waals surface area (Å²) in [5.41, 5.74) is -1.38. The number of aliphatic hydroxyl groups is 1. The van der Waals surface area contributed by atoms with Gasteiger partial charge in [0.1, 0.15) is 29.9 Å². The number of amides is 2. The summed E-state index contributed by atoms with van der Waals surface area (Å²) < 4.78 is 35.1. The number of nitrogens with one attached hydrogen (secondary N) is 1. The molecule has 0 saturated carbocycles. The Bertz CT molecular complexity index is 1690. The summed E-state index contributed by atoms with van der Waals surface area (Å²) in [5, 5.41) is 17.9. The van der Waals surface area contributed by atoms with Crippen molar-refractivity contribution >= 4 is 17.5 Å². The highest BCUT2D eigenvalue weighted by atomic mass is 19.1. The predicted molar refractivity (Wildman–Crippen MR) is 151 cm³/mol. The molecule has 4 unspecified atom stereocenters. The van der Waals surface area contributed by atoms with Crippen molar-refractivity contribution in [3.8, 4) is 5.75 Å². The lowest BCUT2D eigenvalue weighted by Crippen LogP contribution is -2.56. The predicted octanol–water partition coefficient (Wildman–Crippen LogP) is 3.32. The Morgan fingerprint density at radius 2 is 1.98 bits per heavy atom. The van der Waals surface area contributed by atoms with Gasteiger partial charge in [-0.1, -0.05) is 41.6 Å². The van der Waals surface area contributed by atoms with Crippen molar-refractivity contribution in [2.75, 3.05) is 6.54 Å². The van der Waals surface area contributed by atoms with Crippen LogP contribution in [0.15, 0.2) is 64.7 Å². The fraction of sp³-hybridized carbons (Fsp3) is 0.355. The number of oxime groups is 1. The first-order valence-electron chi connectivity index (χ1n) is 14.0. The Kier molecular flexibility index (Phi) is 7.25. The van der Waals surface area contributed by atoms with E-state index in [9.17, 15) is 28.3 Å². The van der Waals surface area contributed by atoms with Crippen molar-refractivity contribution in [2.45, 2.75) is 63.6 Å². The molecule has 3 aromatic rings. The second-order valence-corrected chi connectivity index (χ2v) is 11.2. The van der Waals surface area contributed by atoms with E-state index in [0.29, 0.717) is 24.6 Å². The average Bonchev–Trinajstić information content (AvgIpc) is 3.20. The van der Waals surface area contributed by atoms with Gasteiger partial charge in [-0.3, -0.25) is 14.4 Å². The summed E-state index contributed by atoms with van der Waals surface area (Å²) in [6.07, 6.45) is 1.02. The van der Waals surface area contributed by atoms with E-state index < -0.39 is 46.6 Å². The Balaban J connectivity index is 1.47. The van der Waals surface area contributed by atoms with Crippen LogP contribution in [-0.4, -0.2) is 56.4 Å². The van der Waals surface area contributed by atoms with Gasteiger partial charge < -0.3 is 29.5 Å². The molecule has 2 bridgehead atoms. The molecule has 2 amide bonds. The number of fused-ring (bicyclic) bond motifs is 5. The molecule has 1 fully saturated rings. The zero-order chi connectivity index (χ0) is 30.5. The first-order chi connectivity index (χ1) is 20.6. The smallest absolute Gasteiger partial charge is 0.274 e. The maximum Gasteiger partial charge on any atom is 0.274 e. The van der Waals surface area contributed by atoms with E-state index in [4.69, 9.17) is 9.57 Å². The highest BCUT2D eigenvalue weighted by Crippen LogP contribution is 2.46. The number of halogens is 2. The van der Waals surface area contributed by atoms with Crippen molar-refractivity contribution < 1.29 is 33.1 Å². The quantitative estimate of drug-likeness (QED) is 0.453. The van der Waals surface area contributed by atoms with Gasteiger partial charge in [0.2, 0.25) is 5.43 Å². The Morgan fingerprint density at radius 3 is 2.67 bits per heavy atom. The molecule has 3 aliphatic heterocycles. The van der Waals surface area contributed by atoms with E-state index in [1.54, 1.807) is 36.1 Å². The van der Waals surface area contributed by atoms with Crippen LogP contribution in [0.5, 0.6) is 5.75 Å². The number of aromatic nitrogens is 1. The highest BCUT2D eigenvalue weighted by Gasteiger charge is 2.58. The number of benzene rings is 2. The van der Waals surface area contributed by atoms with E-state index >= 15 is 0 Å². The Hall–Kier alpha value is -4.58. The van der Waals surface area contributed by atoms with Crippen LogP contribution in [0.25, 0.3) is 0 Å². The number of ether oxygens (including phenoxy) is 1. The number of hydrogen-bond donors (Lipinski definition) is 2. The minimum atomic E-state index is -1.26.